The number of aromatic nitrogens is 2. The summed E-state index contributed by atoms with van der Waals surface area (Å²) in [6, 6.07) is 3.36. The molecule has 0 fully saturated rings. The lowest BCUT2D eigenvalue weighted by molar-refractivity contribution is -0.384. The summed E-state index contributed by atoms with van der Waals surface area (Å²) in [5.41, 5.74) is 3.21. The fourth-order valence-corrected chi connectivity index (χ4v) is 1.70. The molecular weight excluding hydrogens is 244 g/mol. The topological polar surface area (TPSA) is 81.0 Å². The van der Waals surface area contributed by atoms with Gasteiger partial charge in [0.05, 0.1) is 23.4 Å². The van der Waals surface area contributed by atoms with Crippen molar-refractivity contribution < 1.29 is 4.92 Å². The van der Waals surface area contributed by atoms with Crippen molar-refractivity contribution >= 4 is 11.4 Å². The van der Waals surface area contributed by atoms with Crippen LogP contribution in [0.25, 0.3) is 0 Å². The number of nitrogens with zero attached hydrogens (tertiary/aromatic N) is 3. The van der Waals surface area contributed by atoms with Gasteiger partial charge in [-0.15, -0.1) is 0 Å². The van der Waals surface area contributed by atoms with Crippen LogP contribution in [-0.2, 0) is 6.54 Å². The number of nitrogens with one attached hydrogen (secondary N) is 1. The second-order valence-corrected chi connectivity index (χ2v) is 4.26. The van der Waals surface area contributed by atoms with Crippen LogP contribution in [0.4, 0.5) is 11.4 Å². The number of hydrogen-bond donors (Lipinski definition) is 1. The van der Waals surface area contributed by atoms with Crippen molar-refractivity contribution in [2.45, 2.75) is 20.4 Å². The van der Waals surface area contributed by atoms with E-state index in [0.29, 0.717) is 12.2 Å². The van der Waals surface area contributed by atoms with E-state index in [2.05, 4.69) is 15.3 Å². The van der Waals surface area contributed by atoms with Crippen LogP contribution in [0.2, 0.25) is 0 Å². The lowest BCUT2D eigenvalue weighted by atomic mass is 10.1. The molecule has 0 bridgehead atoms. The Kier molecular flexibility index (Phi) is 3.70. The Hall–Kier alpha value is -2.50. The first-order chi connectivity index (χ1) is 9.08. The number of rotatable bonds is 4. The van der Waals surface area contributed by atoms with Crippen molar-refractivity contribution in [3.05, 3.63) is 57.7 Å². The van der Waals surface area contributed by atoms with E-state index in [1.54, 1.807) is 30.7 Å². The maximum absolute atomic E-state index is 11.0. The van der Waals surface area contributed by atoms with E-state index in [1.807, 2.05) is 13.8 Å². The van der Waals surface area contributed by atoms with Gasteiger partial charge in [0.15, 0.2) is 0 Å². The fraction of sp³-hybridized carbons (Fsp3) is 0.231. The normalized spacial score (nSPS) is 10.2. The summed E-state index contributed by atoms with van der Waals surface area (Å²) in [6.45, 7) is 4.18. The predicted molar refractivity (Wildman–Crippen MR) is 71.9 cm³/mol. The molecule has 0 saturated heterocycles. The van der Waals surface area contributed by atoms with Gasteiger partial charge in [0, 0.05) is 18.5 Å². The predicted octanol–water partition coefficient (Wildman–Crippen LogP) is 2.61. The molecule has 6 heteroatoms. The van der Waals surface area contributed by atoms with Crippen molar-refractivity contribution in [2.24, 2.45) is 0 Å². The Morgan fingerprint density at radius 1 is 1.26 bits per heavy atom. The first-order valence-corrected chi connectivity index (χ1v) is 5.82. The van der Waals surface area contributed by atoms with Crippen LogP contribution in [0.5, 0.6) is 0 Å². The van der Waals surface area contributed by atoms with Gasteiger partial charge in [0.1, 0.15) is 5.69 Å². The summed E-state index contributed by atoms with van der Waals surface area (Å²) in [5, 5.41) is 14.1. The number of nitro benzene ring substituents is 1. The highest BCUT2D eigenvalue weighted by atomic mass is 16.6. The van der Waals surface area contributed by atoms with Crippen molar-refractivity contribution in [1.29, 1.82) is 0 Å². The second kappa shape index (κ2) is 5.43. The second-order valence-electron chi connectivity index (χ2n) is 4.26. The van der Waals surface area contributed by atoms with Crippen LogP contribution >= 0.6 is 0 Å². The fourth-order valence-electron chi connectivity index (χ4n) is 1.70. The Morgan fingerprint density at radius 2 is 2.00 bits per heavy atom. The van der Waals surface area contributed by atoms with Crippen molar-refractivity contribution in [3.63, 3.8) is 0 Å². The Morgan fingerprint density at radius 3 is 2.63 bits per heavy atom. The molecule has 0 aliphatic heterocycles. The van der Waals surface area contributed by atoms with Gasteiger partial charge in [-0.05, 0) is 31.0 Å². The van der Waals surface area contributed by atoms with Gasteiger partial charge in [-0.1, -0.05) is 0 Å². The minimum absolute atomic E-state index is 0.0759. The zero-order chi connectivity index (χ0) is 13.8. The molecule has 0 atom stereocenters. The van der Waals surface area contributed by atoms with Gasteiger partial charge in [-0.25, -0.2) is 0 Å². The molecule has 1 N–H and O–H groups in total. The molecule has 0 unspecified atom stereocenters. The molecule has 0 aliphatic carbocycles. The first-order valence-electron chi connectivity index (χ1n) is 5.82. The van der Waals surface area contributed by atoms with Gasteiger partial charge in [0.25, 0.3) is 5.69 Å². The third-order valence-electron chi connectivity index (χ3n) is 2.89. The highest BCUT2D eigenvalue weighted by Gasteiger charge is 2.15. The lowest BCUT2D eigenvalue weighted by Crippen LogP contribution is -2.05. The molecule has 0 amide bonds. The zero-order valence-electron chi connectivity index (χ0n) is 10.8. The van der Waals surface area contributed by atoms with Gasteiger partial charge in [-0.3, -0.25) is 20.1 Å². The highest BCUT2D eigenvalue weighted by Crippen LogP contribution is 2.28. The molecule has 2 rings (SSSR count). The molecule has 98 valence electrons. The van der Waals surface area contributed by atoms with E-state index in [9.17, 15) is 10.1 Å². The Labute approximate surface area is 110 Å². The smallest absolute Gasteiger partial charge is 0.292 e. The summed E-state index contributed by atoms with van der Waals surface area (Å²) in [7, 11) is 0. The maximum Gasteiger partial charge on any atom is 0.292 e. The third-order valence-corrected chi connectivity index (χ3v) is 2.89. The van der Waals surface area contributed by atoms with Crippen LogP contribution in [0.15, 0.2) is 30.7 Å². The van der Waals surface area contributed by atoms with Crippen molar-refractivity contribution in [1.82, 2.24) is 9.97 Å². The highest BCUT2D eigenvalue weighted by molar-refractivity contribution is 5.64. The summed E-state index contributed by atoms with van der Waals surface area (Å²) >= 11 is 0. The molecule has 0 spiro atoms. The Bertz CT molecular complexity index is 599. The molecule has 19 heavy (non-hydrogen) atoms. The van der Waals surface area contributed by atoms with E-state index in [0.717, 1.165) is 16.8 Å². The average molecular weight is 258 g/mol. The minimum Gasteiger partial charge on any atom is -0.374 e. The number of hydrogen-bond acceptors (Lipinski definition) is 5. The average Bonchev–Trinajstić information content (AvgIpc) is 2.40. The molecule has 2 aromatic rings. The molecule has 6 nitrogen and oxygen atoms in total. The maximum atomic E-state index is 11.0. The van der Waals surface area contributed by atoms with Crippen LogP contribution in [0, 0.1) is 24.0 Å². The minimum atomic E-state index is -0.383. The van der Waals surface area contributed by atoms with Gasteiger partial charge in [0.2, 0.25) is 0 Å². The van der Waals surface area contributed by atoms with E-state index >= 15 is 0 Å². The molecule has 0 aliphatic rings. The van der Waals surface area contributed by atoms with Crippen LogP contribution in [0.1, 0.15) is 16.8 Å². The molecule has 0 radical (unpaired) electrons. The van der Waals surface area contributed by atoms with E-state index in [1.165, 1.54) is 0 Å². The molecule has 1 aromatic carbocycles. The SMILES string of the molecule is Cc1cc(NCc2cnccn2)c([N+](=O)[O-])cc1C. The van der Waals surface area contributed by atoms with Crippen LogP contribution in [-0.4, -0.2) is 14.9 Å². The monoisotopic (exact) mass is 258 g/mol. The summed E-state index contributed by atoms with van der Waals surface area (Å²) < 4.78 is 0. The van der Waals surface area contributed by atoms with Crippen LogP contribution in [0.3, 0.4) is 0 Å². The molecule has 0 saturated carbocycles. The van der Waals surface area contributed by atoms with Gasteiger partial charge >= 0.3 is 0 Å². The quantitative estimate of drug-likeness (QED) is 0.673. The standard InChI is InChI=1S/C13H14N4O2/c1-9-5-12(13(17(18)19)6-10(9)2)16-8-11-7-14-3-4-15-11/h3-7,16H,8H2,1-2H3. The third kappa shape index (κ3) is 3.04. The van der Waals surface area contributed by atoms with E-state index < -0.39 is 0 Å². The summed E-state index contributed by atoms with van der Waals surface area (Å²) in [5.74, 6) is 0. The van der Waals surface area contributed by atoms with Gasteiger partial charge in [-0.2, -0.15) is 0 Å². The summed E-state index contributed by atoms with van der Waals surface area (Å²) in [6.07, 6.45) is 4.80. The van der Waals surface area contributed by atoms with E-state index in [4.69, 9.17) is 0 Å². The number of benzene rings is 1. The lowest BCUT2D eigenvalue weighted by Gasteiger charge is -2.09. The van der Waals surface area contributed by atoms with Crippen LogP contribution < -0.4 is 5.32 Å². The summed E-state index contributed by atoms with van der Waals surface area (Å²) in [4.78, 5) is 18.7. The number of nitro groups is 1. The number of aryl methyl sites for hydroxylation is 2. The van der Waals surface area contributed by atoms with Crippen molar-refractivity contribution in [3.8, 4) is 0 Å². The number of anilines is 1. The Balaban J connectivity index is 2.24. The first kappa shape index (κ1) is 12.9. The van der Waals surface area contributed by atoms with Crippen molar-refractivity contribution in [2.75, 3.05) is 5.32 Å². The van der Waals surface area contributed by atoms with E-state index in [-0.39, 0.29) is 10.6 Å². The molecule has 1 heterocycles. The zero-order valence-corrected chi connectivity index (χ0v) is 10.8. The molecule has 1 aromatic heterocycles. The van der Waals surface area contributed by atoms with Gasteiger partial charge < -0.3 is 5.32 Å². The largest absolute Gasteiger partial charge is 0.374 e. The molecular formula is C13H14N4O2.